The molecule has 1 fully saturated rings. The summed E-state index contributed by atoms with van der Waals surface area (Å²) in [6.07, 6.45) is 3.15. The van der Waals surface area contributed by atoms with E-state index in [-0.39, 0.29) is 6.04 Å². The van der Waals surface area contributed by atoms with Gasteiger partial charge >= 0.3 is 6.09 Å². The molecule has 0 saturated heterocycles. The minimum absolute atomic E-state index is 0.0974. The summed E-state index contributed by atoms with van der Waals surface area (Å²) in [6.45, 7) is 7.34. The van der Waals surface area contributed by atoms with Gasteiger partial charge in [-0.15, -0.1) is 0 Å². The van der Waals surface area contributed by atoms with Gasteiger partial charge in [0.05, 0.1) is 0 Å². The number of rotatable bonds is 2. The Balaban J connectivity index is 2.54. The molecule has 0 aromatic heterocycles. The summed E-state index contributed by atoms with van der Waals surface area (Å²) in [6, 6.07) is -0.0974. The third-order valence-corrected chi connectivity index (χ3v) is 2.96. The first kappa shape index (κ1) is 13.0. The van der Waals surface area contributed by atoms with E-state index in [4.69, 9.17) is 4.74 Å². The molecule has 0 radical (unpaired) electrons. The highest BCUT2D eigenvalue weighted by Crippen LogP contribution is 2.36. The number of carbonyl (C=O) groups excluding carboxylic acids is 2. The third kappa shape index (κ3) is 3.22. The summed E-state index contributed by atoms with van der Waals surface area (Å²) in [5, 5.41) is 2.78. The minimum Gasteiger partial charge on any atom is -0.444 e. The predicted octanol–water partition coefficient (Wildman–Crippen LogP) is 2.27. The van der Waals surface area contributed by atoms with Crippen molar-refractivity contribution in [2.24, 2.45) is 5.41 Å². The lowest BCUT2D eigenvalue weighted by Crippen LogP contribution is -2.45. The smallest absolute Gasteiger partial charge is 0.407 e. The van der Waals surface area contributed by atoms with Gasteiger partial charge in [-0.1, -0.05) is 13.3 Å². The van der Waals surface area contributed by atoms with Crippen molar-refractivity contribution in [3.05, 3.63) is 0 Å². The molecule has 1 aliphatic carbocycles. The quantitative estimate of drug-likeness (QED) is 0.736. The van der Waals surface area contributed by atoms with E-state index in [1.165, 1.54) is 0 Å². The van der Waals surface area contributed by atoms with E-state index in [9.17, 15) is 9.59 Å². The largest absolute Gasteiger partial charge is 0.444 e. The van der Waals surface area contributed by atoms with Crippen molar-refractivity contribution in [3.8, 4) is 0 Å². The molecule has 4 nitrogen and oxygen atoms in total. The molecule has 1 aliphatic rings. The van der Waals surface area contributed by atoms with Crippen LogP contribution in [0, 0.1) is 5.41 Å². The number of hydrogen-bond donors (Lipinski definition) is 1. The van der Waals surface area contributed by atoms with E-state index >= 15 is 0 Å². The van der Waals surface area contributed by atoms with Crippen molar-refractivity contribution >= 4 is 12.4 Å². The molecule has 16 heavy (non-hydrogen) atoms. The van der Waals surface area contributed by atoms with Crippen LogP contribution in [0.2, 0.25) is 0 Å². The van der Waals surface area contributed by atoms with Crippen LogP contribution in [0.15, 0.2) is 0 Å². The fraction of sp³-hybridized carbons (Fsp3) is 0.833. The highest BCUT2D eigenvalue weighted by molar-refractivity contribution is 5.70. The maximum atomic E-state index is 11.6. The Hall–Kier alpha value is -1.06. The van der Waals surface area contributed by atoms with Crippen molar-refractivity contribution in [3.63, 3.8) is 0 Å². The molecule has 0 unspecified atom stereocenters. The molecule has 0 aromatic carbocycles. The molecule has 0 bridgehead atoms. The monoisotopic (exact) mass is 227 g/mol. The standard InChI is InChI=1S/C12H21NO3/c1-11(2,3)16-10(15)13-9-6-5-7-12(9,4)8-14/h8-9H,5-7H2,1-4H3,(H,13,15)/t9-,12+/m0/s1. The molecule has 1 rings (SSSR count). The number of hydrogen-bond acceptors (Lipinski definition) is 3. The fourth-order valence-electron chi connectivity index (χ4n) is 2.02. The molecule has 4 heteroatoms. The summed E-state index contributed by atoms with van der Waals surface area (Å²) in [5.74, 6) is 0. The van der Waals surface area contributed by atoms with Crippen LogP contribution in [0.4, 0.5) is 4.79 Å². The Bertz CT molecular complexity index is 282. The fourth-order valence-corrected chi connectivity index (χ4v) is 2.02. The number of alkyl carbamates (subject to hydrolysis) is 1. The Morgan fingerprint density at radius 1 is 1.50 bits per heavy atom. The molecular weight excluding hydrogens is 206 g/mol. The van der Waals surface area contributed by atoms with Crippen LogP contribution in [0.5, 0.6) is 0 Å². The molecule has 0 aliphatic heterocycles. The number of ether oxygens (including phenoxy) is 1. The Kier molecular flexibility index (Phi) is 3.61. The predicted molar refractivity (Wildman–Crippen MR) is 61.2 cm³/mol. The third-order valence-electron chi connectivity index (χ3n) is 2.96. The molecule has 0 heterocycles. The van der Waals surface area contributed by atoms with E-state index < -0.39 is 17.1 Å². The van der Waals surface area contributed by atoms with E-state index in [1.54, 1.807) is 0 Å². The van der Waals surface area contributed by atoms with Crippen molar-refractivity contribution in [1.82, 2.24) is 5.32 Å². The lowest BCUT2D eigenvalue weighted by Gasteiger charge is -2.28. The second-order valence-corrected chi connectivity index (χ2v) is 5.71. The first-order valence-corrected chi connectivity index (χ1v) is 5.73. The van der Waals surface area contributed by atoms with Gasteiger partial charge in [-0.2, -0.15) is 0 Å². The zero-order valence-corrected chi connectivity index (χ0v) is 10.5. The zero-order chi connectivity index (χ0) is 12.4. The Labute approximate surface area is 96.7 Å². The van der Waals surface area contributed by atoms with Crippen molar-refractivity contribution in [2.45, 2.75) is 58.6 Å². The van der Waals surface area contributed by atoms with Gasteiger partial charge in [0.2, 0.25) is 0 Å². The summed E-state index contributed by atoms with van der Waals surface area (Å²) in [7, 11) is 0. The van der Waals surface area contributed by atoms with Crippen molar-refractivity contribution in [1.29, 1.82) is 0 Å². The van der Waals surface area contributed by atoms with E-state index in [2.05, 4.69) is 5.32 Å². The lowest BCUT2D eigenvalue weighted by atomic mass is 9.87. The summed E-state index contributed by atoms with van der Waals surface area (Å²) in [4.78, 5) is 22.6. The van der Waals surface area contributed by atoms with Crippen LogP contribution < -0.4 is 5.32 Å². The molecule has 92 valence electrons. The molecule has 1 amide bonds. The van der Waals surface area contributed by atoms with Gasteiger partial charge in [-0.3, -0.25) is 0 Å². The molecule has 1 saturated carbocycles. The first-order chi connectivity index (χ1) is 7.27. The van der Waals surface area contributed by atoms with Crippen LogP contribution >= 0.6 is 0 Å². The molecule has 2 atom stereocenters. The highest BCUT2D eigenvalue weighted by Gasteiger charge is 2.40. The van der Waals surface area contributed by atoms with Gasteiger partial charge in [-0.25, -0.2) is 4.79 Å². The topological polar surface area (TPSA) is 55.4 Å². The normalized spacial score (nSPS) is 29.9. The maximum absolute atomic E-state index is 11.6. The van der Waals surface area contributed by atoms with Gasteiger partial charge in [0, 0.05) is 11.5 Å². The molecular formula is C12H21NO3. The van der Waals surface area contributed by atoms with Gasteiger partial charge in [0.25, 0.3) is 0 Å². The van der Waals surface area contributed by atoms with Crippen LogP contribution in [0.1, 0.15) is 47.0 Å². The molecule has 0 aromatic rings. The van der Waals surface area contributed by atoms with E-state index in [1.807, 2.05) is 27.7 Å². The van der Waals surface area contributed by atoms with Gasteiger partial charge in [0.15, 0.2) is 0 Å². The summed E-state index contributed by atoms with van der Waals surface area (Å²) < 4.78 is 5.17. The number of nitrogens with one attached hydrogen (secondary N) is 1. The number of amides is 1. The molecule has 1 N–H and O–H groups in total. The summed E-state index contributed by atoms with van der Waals surface area (Å²) >= 11 is 0. The minimum atomic E-state index is -0.500. The van der Waals surface area contributed by atoms with Gasteiger partial charge in [-0.05, 0) is 33.6 Å². The SMILES string of the molecule is CC(C)(C)OC(=O)N[C@H]1CCC[C@]1(C)C=O. The second kappa shape index (κ2) is 4.44. The second-order valence-electron chi connectivity index (χ2n) is 5.71. The van der Waals surface area contributed by atoms with Crippen LogP contribution in [0.25, 0.3) is 0 Å². The zero-order valence-electron chi connectivity index (χ0n) is 10.5. The number of carbonyl (C=O) groups is 2. The number of aldehydes is 1. The van der Waals surface area contributed by atoms with E-state index in [0.717, 1.165) is 25.5 Å². The maximum Gasteiger partial charge on any atom is 0.407 e. The summed E-state index contributed by atoms with van der Waals surface area (Å²) in [5.41, 5.74) is -0.933. The average Bonchev–Trinajstić information content (AvgIpc) is 2.45. The Morgan fingerprint density at radius 3 is 2.62 bits per heavy atom. The van der Waals surface area contributed by atoms with Crippen LogP contribution in [-0.2, 0) is 9.53 Å². The van der Waals surface area contributed by atoms with Crippen LogP contribution in [0.3, 0.4) is 0 Å². The first-order valence-electron chi connectivity index (χ1n) is 5.73. The van der Waals surface area contributed by atoms with Gasteiger partial charge < -0.3 is 14.8 Å². The highest BCUT2D eigenvalue weighted by atomic mass is 16.6. The van der Waals surface area contributed by atoms with Crippen molar-refractivity contribution < 1.29 is 14.3 Å². The lowest BCUT2D eigenvalue weighted by molar-refractivity contribution is -0.116. The molecule has 0 spiro atoms. The average molecular weight is 227 g/mol. The van der Waals surface area contributed by atoms with Crippen molar-refractivity contribution in [2.75, 3.05) is 0 Å². The Morgan fingerprint density at radius 2 is 2.12 bits per heavy atom. The van der Waals surface area contributed by atoms with E-state index in [0.29, 0.717) is 0 Å². The van der Waals surface area contributed by atoms with Gasteiger partial charge in [0.1, 0.15) is 11.9 Å². The van der Waals surface area contributed by atoms with Crippen LogP contribution in [-0.4, -0.2) is 24.0 Å².